The van der Waals surface area contributed by atoms with E-state index in [1.807, 2.05) is 11.5 Å². The average molecular weight is 519 g/mol. The summed E-state index contributed by atoms with van der Waals surface area (Å²) in [6.07, 6.45) is 28.4. The van der Waals surface area contributed by atoms with Crippen LogP contribution in [-0.2, 0) is 4.79 Å². The van der Waals surface area contributed by atoms with E-state index in [9.17, 15) is 4.79 Å². The number of aliphatic carboxylic acids is 1. The number of hydrogen-bond donors (Lipinski definition) is 2. The van der Waals surface area contributed by atoms with Crippen LogP contribution in [0.5, 0.6) is 0 Å². The Morgan fingerprint density at radius 2 is 1.27 bits per heavy atom. The fourth-order valence-electron chi connectivity index (χ4n) is 5.14. The van der Waals surface area contributed by atoms with Crippen molar-refractivity contribution in [3.63, 3.8) is 0 Å². The third-order valence-electron chi connectivity index (χ3n) is 7.73. The lowest BCUT2D eigenvalue weighted by atomic mass is 10.0. The van der Waals surface area contributed by atoms with Gasteiger partial charge in [-0.15, -0.1) is 0 Å². The largest absolute Gasteiger partial charge is 0.477 e. The van der Waals surface area contributed by atoms with Crippen LogP contribution in [0.1, 0.15) is 149 Å². The SMILES string of the molecule is CCCCCCCCCCCCCCCCCCCCCCNC(C)N1C#CC(C)=[N+](CC(=O)O)CC1. The van der Waals surface area contributed by atoms with Crippen LogP contribution in [0.3, 0.4) is 0 Å². The van der Waals surface area contributed by atoms with E-state index in [1.54, 1.807) is 0 Å². The maximum atomic E-state index is 11.0. The molecule has 0 aromatic heterocycles. The lowest BCUT2D eigenvalue weighted by molar-refractivity contribution is -0.517. The summed E-state index contributed by atoms with van der Waals surface area (Å²) < 4.78 is 1.85. The molecule has 37 heavy (non-hydrogen) atoms. The second-order valence-corrected chi connectivity index (χ2v) is 11.2. The Hall–Kier alpha value is -1.54. The molecule has 5 nitrogen and oxygen atoms in total. The number of hydrogen-bond acceptors (Lipinski definition) is 3. The van der Waals surface area contributed by atoms with Crippen LogP contribution in [0.25, 0.3) is 0 Å². The summed E-state index contributed by atoms with van der Waals surface area (Å²) in [5, 5.41) is 12.6. The highest BCUT2D eigenvalue weighted by atomic mass is 16.4. The third kappa shape index (κ3) is 19.2. The van der Waals surface area contributed by atoms with Crippen LogP contribution in [0.15, 0.2) is 0 Å². The highest BCUT2D eigenvalue weighted by Gasteiger charge is 2.20. The Morgan fingerprint density at radius 3 is 1.70 bits per heavy atom. The van der Waals surface area contributed by atoms with Gasteiger partial charge in [-0.3, -0.25) is 5.32 Å². The number of carboxylic acid groups (broad SMARTS) is 1. The summed E-state index contributed by atoms with van der Waals surface area (Å²) in [6, 6.07) is 3.20. The monoisotopic (exact) mass is 518 g/mol. The molecule has 214 valence electrons. The van der Waals surface area contributed by atoms with Crippen molar-refractivity contribution in [3.05, 3.63) is 0 Å². The maximum absolute atomic E-state index is 11.0. The predicted molar refractivity (Wildman–Crippen MR) is 158 cm³/mol. The van der Waals surface area contributed by atoms with Gasteiger partial charge in [0, 0.05) is 18.9 Å². The van der Waals surface area contributed by atoms with Crippen molar-refractivity contribution in [1.82, 2.24) is 10.2 Å². The van der Waals surface area contributed by atoms with Crippen molar-refractivity contribution >= 4 is 11.7 Å². The van der Waals surface area contributed by atoms with E-state index < -0.39 is 5.97 Å². The van der Waals surface area contributed by atoms with Gasteiger partial charge in [0.05, 0.1) is 12.7 Å². The number of carboxylic acids is 1. The molecule has 0 saturated heterocycles. The molecule has 5 heteroatoms. The van der Waals surface area contributed by atoms with Crippen molar-refractivity contribution in [2.24, 2.45) is 0 Å². The number of carbonyl (C=O) groups is 1. The van der Waals surface area contributed by atoms with Crippen molar-refractivity contribution in [3.8, 4) is 12.0 Å². The molecule has 0 aromatic carbocycles. The van der Waals surface area contributed by atoms with Gasteiger partial charge >= 0.3 is 5.97 Å². The lowest BCUT2D eigenvalue weighted by Crippen LogP contribution is -2.43. The highest BCUT2D eigenvalue weighted by molar-refractivity contribution is 5.94. The standard InChI is InChI=1S/C32H59N3O2/c1-4-5-6-7-8-9-10-11-12-13-14-15-16-17-18-19-20-21-22-23-25-33-31(3)34-26-24-30(2)35(28-27-34)29-32(36)37/h31,33H,4-23,25,27-29H2,1-3H3/p+1. The Kier molecular flexibility index (Phi) is 21.3. The first-order chi connectivity index (χ1) is 18.0. The van der Waals surface area contributed by atoms with E-state index in [-0.39, 0.29) is 12.7 Å². The molecular weight excluding hydrogens is 458 g/mol. The van der Waals surface area contributed by atoms with Crippen LogP contribution in [-0.4, -0.2) is 58.6 Å². The highest BCUT2D eigenvalue weighted by Crippen LogP contribution is 2.14. The van der Waals surface area contributed by atoms with Crippen LogP contribution in [0, 0.1) is 12.0 Å². The fraction of sp³-hybridized carbons (Fsp3) is 0.875. The van der Waals surface area contributed by atoms with Gasteiger partial charge in [0.25, 0.3) is 0 Å². The van der Waals surface area contributed by atoms with Crippen molar-refractivity contribution in [2.45, 2.75) is 155 Å². The van der Waals surface area contributed by atoms with E-state index in [1.165, 1.54) is 128 Å². The summed E-state index contributed by atoms with van der Waals surface area (Å²) in [5.74, 6) is 2.31. The first kappa shape index (κ1) is 33.5. The topological polar surface area (TPSA) is 55.6 Å². The minimum Gasteiger partial charge on any atom is -0.477 e. The molecule has 1 rings (SSSR count). The number of rotatable bonds is 25. The summed E-state index contributed by atoms with van der Waals surface area (Å²) >= 11 is 0. The first-order valence-electron chi connectivity index (χ1n) is 15.9. The quantitative estimate of drug-likeness (QED) is 0.0743. The Labute approximate surface area is 229 Å². The van der Waals surface area contributed by atoms with Crippen LogP contribution < -0.4 is 5.32 Å². The number of unbranched alkanes of at least 4 members (excludes halogenated alkanes) is 19. The normalized spacial score (nSPS) is 14.4. The summed E-state index contributed by atoms with van der Waals surface area (Å²) in [6.45, 7) is 8.81. The van der Waals surface area contributed by atoms with Crippen molar-refractivity contribution < 1.29 is 14.5 Å². The van der Waals surface area contributed by atoms with Gasteiger partial charge < -0.3 is 10.0 Å². The minimum absolute atomic E-state index is 0.0234. The van der Waals surface area contributed by atoms with Crippen molar-refractivity contribution in [1.29, 1.82) is 0 Å². The number of nitrogens with zero attached hydrogens (tertiary/aromatic N) is 2. The minimum atomic E-state index is -0.805. The van der Waals surface area contributed by atoms with Crippen LogP contribution in [0.4, 0.5) is 0 Å². The molecule has 1 heterocycles. The molecule has 0 amide bonds. The zero-order valence-corrected chi connectivity index (χ0v) is 24.8. The average Bonchev–Trinajstić information content (AvgIpc) is 3.06. The van der Waals surface area contributed by atoms with Gasteiger partial charge in [0.1, 0.15) is 0 Å². The van der Waals surface area contributed by atoms with E-state index in [0.717, 1.165) is 18.8 Å². The molecule has 2 N–H and O–H groups in total. The van der Waals surface area contributed by atoms with Gasteiger partial charge in [-0.1, -0.05) is 129 Å². The Morgan fingerprint density at radius 1 is 0.838 bits per heavy atom. The molecule has 1 aliphatic rings. The molecule has 1 aliphatic heterocycles. The van der Waals surface area contributed by atoms with E-state index in [4.69, 9.17) is 5.11 Å². The molecule has 0 saturated carbocycles. The first-order valence-corrected chi connectivity index (χ1v) is 15.9. The zero-order chi connectivity index (χ0) is 27.0. The molecule has 0 spiro atoms. The van der Waals surface area contributed by atoms with Gasteiger partial charge in [0.15, 0.2) is 6.54 Å². The number of nitrogens with one attached hydrogen (secondary N) is 1. The van der Waals surface area contributed by atoms with Gasteiger partial charge in [0.2, 0.25) is 12.3 Å². The molecule has 0 fully saturated rings. The predicted octanol–water partition coefficient (Wildman–Crippen LogP) is 7.58. The van der Waals surface area contributed by atoms with Gasteiger partial charge in [-0.05, 0) is 19.9 Å². The molecule has 1 unspecified atom stereocenters. The second kappa shape index (κ2) is 23.6. The summed E-state index contributed by atoms with van der Waals surface area (Å²) in [5.41, 5.74) is 0.839. The van der Waals surface area contributed by atoms with E-state index in [2.05, 4.69) is 36.0 Å². The second-order valence-electron chi connectivity index (χ2n) is 11.2. The summed E-state index contributed by atoms with van der Waals surface area (Å²) in [4.78, 5) is 13.1. The van der Waals surface area contributed by atoms with E-state index in [0.29, 0.717) is 6.54 Å². The lowest BCUT2D eigenvalue weighted by Gasteiger charge is -2.24. The molecule has 0 radical (unpaired) electrons. The van der Waals surface area contributed by atoms with Gasteiger partial charge in [-0.2, -0.15) is 0 Å². The van der Waals surface area contributed by atoms with Crippen LogP contribution >= 0.6 is 0 Å². The Balaban J connectivity index is 1.85. The molecule has 0 aromatic rings. The van der Waals surface area contributed by atoms with Gasteiger partial charge in [-0.25, -0.2) is 9.37 Å². The van der Waals surface area contributed by atoms with E-state index >= 15 is 0 Å². The smallest absolute Gasteiger partial charge is 0.369 e. The molecular formula is C32H60N3O2+. The Bertz CT molecular complexity index is 665. The molecule has 0 bridgehead atoms. The molecule has 1 atom stereocenters. The molecule has 0 aliphatic carbocycles. The fourth-order valence-corrected chi connectivity index (χ4v) is 5.14. The zero-order valence-electron chi connectivity index (χ0n) is 24.8. The van der Waals surface area contributed by atoms with Crippen LogP contribution in [0.2, 0.25) is 0 Å². The third-order valence-corrected chi connectivity index (χ3v) is 7.73. The summed E-state index contributed by atoms with van der Waals surface area (Å²) in [7, 11) is 0. The van der Waals surface area contributed by atoms with Crippen molar-refractivity contribution in [2.75, 3.05) is 26.2 Å². The maximum Gasteiger partial charge on any atom is 0.369 e.